The van der Waals surface area contributed by atoms with Crippen molar-refractivity contribution in [3.63, 3.8) is 0 Å². The Morgan fingerprint density at radius 3 is 2.56 bits per heavy atom. The van der Waals surface area contributed by atoms with Crippen LogP contribution >= 0.6 is 15.9 Å². The van der Waals surface area contributed by atoms with Crippen LogP contribution in [0.3, 0.4) is 0 Å². The van der Waals surface area contributed by atoms with Crippen LogP contribution in [-0.4, -0.2) is 28.0 Å². The Hall–Kier alpha value is -2.13. The Kier molecular flexibility index (Phi) is 4.96. The van der Waals surface area contributed by atoms with E-state index < -0.39 is 10.0 Å². The van der Waals surface area contributed by atoms with Crippen molar-refractivity contribution in [2.75, 3.05) is 4.72 Å². The van der Waals surface area contributed by atoms with Gasteiger partial charge >= 0.3 is 0 Å². The summed E-state index contributed by atoms with van der Waals surface area (Å²) in [5.41, 5.74) is 1.67. The third kappa shape index (κ3) is 3.93. The number of hydrogen-bond acceptors (Lipinski definition) is 4. The number of nitrogens with one attached hydrogen (secondary N) is 1. The van der Waals surface area contributed by atoms with Gasteiger partial charge in [-0.25, -0.2) is 8.42 Å². The van der Waals surface area contributed by atoms with Gasteiger partial charge in [-0.2, -0.15) is 10.2 Å². The zero-order valence-corrected chi connectivity index (χ0v) is 16.2. The molecule has 0 unspecified atom stereocenters. The molecule has 9 heteroatoms. The quantitative estimate of drug-likeness (QED) is 0.660. The standard InChI is InChI=1S/C16H18BrN5O2S/c1-3-22-12(2)15(10-18-22)25(23,24)20-16-8-9-21(19-16)11-13-4-6-14(17)7-5-13/h4-10H,3,11H2,1-2H3,(H,19,20). The summed E-state index contributed by atoms with van der Waals surface area (Å²) in [6.45, 7) is 4.82. The van der Waals surface area contributed by atoms with Crippen LogP contribution in [0.1, 0.15) is 18.2 Å². The maximum absolute atomic E-state index is 12.5. The summed E-state index contributed by atoms with van der Waals surface area (Å²) in [6.07, 6.45) is 3.10. The molecule has 0 aliphatic heterocycles. The first-order valence-corrected chi connectivity index (χ1v) is 10.00. The molecule has 2 heterocycles. The van der Waals surface area contributed by atoms with Gasteiger partial charge in [0.1, 0.15) is 4.90 Å². The van der Waals surface area contributed by atoms with Crippen molar-refractivity contribution in [3.05, 3.63) is 58.5 Å². The zero-order valence-electron chi connectivity index (χ0n) is 13.8. The Morgan fingerprint density at radius 1 is 1.20 bits per heavy atom. The average molecular weight is 424 g/mol. The molecule has 0 aliphatic rings. The van der Waals surface area contributed by atoms with Gasteiger partial charge in [0, 0.05) is 23.3 Å². The molecule has 1 N–H and O–H groups in total. The zero-order chi connectivity index (χ0) is 18.0. The van der Waals surface area contributed by atoms with Crippen LogP contribution < -0.4 is 4.72 Å². The predicted molar refractivity (Wildman–Crippen MR) is 98.9 cm³/mol. The Labute approximate surface area is 154 Å². The Bertz CT molecular complexity index is 976. The van der Waals surface area contributed by atoms with E-state index in [1.54, 1.807) is 28.6 Å². The van der Waals surface area contributed by atoms with Crippen molar-refractivity contribution < 1.29 is 8.42 Å². The lowest BCUT2D eigenvalue weighted by Crippen LogP contribution is -2.15. The second kappa shape index (κ2) is 7.01. The fraction of sp³-hybridized carbons (Fsp3) is 0.250. The van der Waals surface area contributed by atoms with Gasteiger partial charge in [0.05, 0.1) is 18.4 Å². The van der Waals surface area contributed by atoms with Gasteiger partial charge in [-0.15, -0.1) is 0 Å². The number of aromatic nitrogens is 4. The van der Waals surface area contributed by atoms with E-state index in [1.807, 2.05) is 31.2 Å². The van der Waals surface area contributed by atoms with E-state index in [1.165, 1.54) is 6.20 Å². The number of hydrogen-bond donors (Lipinski definition) is 1. The number of benzene rings is 1. The number of rotatable bonds is 6. The lowest BCUT2D eigenvalue weighted by Gasteiger charge is -2.06. The minimum absolute atomic E-state index is 0.164. The molecule has 0 spiro atoms. The van der Waals surface area contributed by atoms with Crippen LogP contribution in [-0.2, 0) is 23.1 Å². The summed E-state index contributed by atoms with van der Waals surface area (Å²) in [5, 5.41) is 8.36. The van der Waals surface area contributed by atoms with Gasteiger partial charge in [0.15, 0.2) is 5.82 Å². The third-order valence-corrected chi connectivity index (χ3v) is 5.77. The Balaban J connectivity index is 1.76. The minimum Gasteiger partial charge on any atom is -0.269 e. The Morgan fingerprint density at radius 2 is 1.92 bits per heavy atom. The molecule has 0 bridgehead atoms. The largest absolute Gasteiger partial charge is 0.269 e. The number of aryl methyl sites for hydroxylation is 1. The lowest BCUT2D eigenvalue weighted by molar-refractivity contribution is 0.598. The molecule has 3 aromatic rings. The summed E-state index contributed by atoms with van der Waals surface area (Å²) < 4.78 is 31.9. The second-order valence-corrected chi connectivity index (χ2v) is 8.11. The van der Waals surface area contributed by atoms with Gasteiger partial charge in [-0.1, -0.05) is 28.1 Å². The molecule has 0 aliphatic carbocycles. The maximum Gasteiger partial charge on any atom is 0.266 e. The summed E-state index contributed by atoms with van der Waals surface area (Å²) >= 11 is 3.40. The van der Waals surface area contributed by atoms with Gasteiger partial charge < -0.3 is 0 Å². The number of anilines is 1. The topological polar surface area (TPSA) is 81.8 Å². The molecule has 7 nitrogen and oxygen atoms in total. The monoisotopic (exact) mass is 423 g/mol. The van der Waals surface area contributed by atoms with Gasteiger partial charge in [-0.05, 0) is 31.5 Å². The summed E-state index contributed by atoms with van der Waals surface area (Å²) in [6, 6.07) is 9.51. The van der Waals surface area contributed by atoms with Crippen molar-refractivity contribution >= 4 is 31.8 Å². The molecule has 0 saturated carbocycles. The highest BCUT2D eigenvalue weighted by Gasteiger charge is 2.21. The van der Waals surface area contributed by atoms with Crippen LogP contribution in [0, 0.1) is 6.92 Å². The van der Waals surface area contributed by atoms with Crippen LogP contribution in [0.25, 0.3) is 0 Å². The van der Waals surface area contributed by atoms with Gasteiger partial charge in [-0.3, -0.25) is 14.1 Å². The first-order chi connectivity index (χ1) is 11.9. The first-order valence-electron chi connectivity index (χ1n) is 7.72. The SMILES string of the molecule is CCn1ncc(S(=O)(=O)Nc2ccn(Cc3ccc(Br)cc3)n2)c1C. The maximum atomic E-state index is 12.5. The molecule has 0 atom stereocenters. The molecule has 25 heavy (non-hydrogen) atoms. The molecule has 0 fully saturated rings. The molecule has 0 saturated heterocycles. The molecule has 1 aromatic carbocycles. The van der Waals surface area contributed by atoms with E-state index in [2.05, 4.69) is 30.8 Å². The first kappa shape index (κ1) is 17.7. The lowest BCUT2D eigenvalue weighted by atomic mass is 10.2. The van der Waals surface area contributed by atoms with Gasteiger partial charge in [0.25, 0.3) is 10.0 Å². The molecule has 0 radical (unpaired) electrons. The van der Waals surface area contributed by atoms with Crippen molar-refractivity contribution in [1.29, 1.82) is 0 Å². The van der Waals surface area contributed by atoms with Crippen molar-refractivity contribution in [1.82, 2.24) is 19.6 Å². The van der Waals surface area contributed by atoms with Crippen molar-refractivity contribution in [3.8, 4) is 0 Å². The molecular formula is C16H18BrN5O2S. The molecule has 132 valence electrons. The minimum atomic E-state index is -3.71. The highest BCUT2D eigenvalue weighted by molar-refractivity contribution is 9.10. The van der Waals surface area contributed by atoms with Crippen molar-refractivity contribution in [2.45, 2.75) is 31.8 Å². The van der Waals surface area contributed by atoms with Crippen molar-refractivity contribution in [2.24, 2.45) is 0 Å². The smallest absolute Gasteiger partial charge is 0.266 e. The summed E-state index contributed by atoms with van der Waals surface area (Å²) in [7, 11) is -3.71. The molecule has 3 rings (SSSR count). The summed E-state index contributed by atoms with van der Waals surface area (Å²) in [4.78, 5) is 0.164. The number of halogens is 1. The van der Waals surface area contributed by atoms with E-state index in [4.69, 9.17) is 0 Å². The number of sulfonamides is 1. The van der Waals surface area contributed by atoms with Crippen LogP contribution in [0.4, 0.5) is 5.82 Å². The highest BCUT2D eigenvalue weighted by Crippen LogP contribution is 2.18. The third-order valence-electron chi connectivity index (χ3n) is 3.78. The highest BCUT2D eigenvalue weighted by atomic mass is 79.9. The fourth-order valence-electron chi connectivity index (χ4n) is 2.49. The van der Waals surface area contributed by atoms with E-state index >= 15 is 0 Å². The van der Waals surface area contributed by atoms with Crippen LogP contribution in [0.5, 0.6) is 0 Å². The van der Waals surface area contributed by atoms with Crippen LogP contribution in [0.15, 0.2) is 52.1 Å². The molecule has 0 amide bonds. The second-order valence-electron chi connectivity index (χ2n) is 5.54. The normalized spacial score (nSPS) is 11.6. The van der Waals surface area contributed by atoms with Gasteiger partial charge in [0.2, 0.25) is 0 Å². The van der Waals surface area contributed by atoms with E-state index in [0.29, 0.717) is 18.8 Å². The fourth-order valence-corrected chi connectivity index (χ4v) is 3.92. The predicted octanol–water partition coefficient (Wildman–Crippen LogP) is 3.02. The van der Waals surface area contributed by atoms with E-state index in [0.717, 1.165) is 10.0 Å². The average Bonchev–Trinajstić information content (AvgIpc) is 3.15. The number of nitrogens with zero attached hydrogens (tertiary/aromatic N) is 4. The van der Waals surface area contributed by atoms with E-state index in [9.17, 15) is 8.42 Å². The van der Waals surface area contributed by atoms with Crippen LogP contribution in [0.2, 0.25) is 0 Å². The van der Waals surface area contributed by atoms with E-state index in [-0.39, 0.29) is 10.7 Å². The summed E-state index contributed by atoms with van der Waals surface area (Å²) in [5.74, 6) is 0.278. The molecule has 2 aromatic heterocycles. The molecular weight excluding hydrogens is 406 g/mol.